The summed E-state index contributed by atoms with van der Waals surface area (Å²) in [6.45, 7) is 6.61. The van der Waals surface area contributed by atoms with E-state index in [1.54, 1.807) is 0 Å². The Kier molecular flexibility index (Phi) is 7.49. The van der Waals surface area contributed by atoms with Gasteiger partial charge in [0.15, 0.2) is 0 Å². The molecule has 2 saturated heterocycles. The van der Waals surface area contributed by atoms with Gasteiger partial charge in [0.1, 0.15) is 0 Å². The minimum Gasteiger partial charge on any atom is -0.481 e. The summed E-state index contributed by atoms with van der Waals surface area (Å²) in [5.74, 6) is 0.315. The molecule has 6 heteroatoms. The number of para-hydroxylation sites is 1. The quantitative estimate of drug-likeness (QED) is 0.723. The highest BCUT2D eigenvalue weighted by molar-refractivity contribution is 5.79. The van der Waals surface area contributed by atoms with Crippen molar-refractivity contribution in [3.8, 4) is 0 Å². The van der Waals surface area contributed by atoms with Gasteiger partial charge in [0.2, 0.25) is 5.91 Å². The number of nitrogens with zero attached hydrogens (tertiary/aromatic N) is 3. The summed E-state index contributed by atoms with van der Waals surface area (Å²) in [5, 5.41) is 9.39. The second-order valence-corrected chi connectivity index (χ2v) is 9.63. The molecule has 0 spiro atoms. The van der Waals surface area contributed by atoms with E-state index in [1.165, 1.54) is 18.5 Å². The second kappa shape index (κ2) is 10.5. The van der Waals surface area contributed by atoms with Gasteiger partial charge in [-0.2, -0.15) is 0 Å². The molecule has 3 fully saturated rings. The van der Waals surface area contributed by atoms with Crippen molar-refractivity contribution in [2.24, 2.45) is 17.8 Å². The molecule has 1 aromatic rings. The fourth-order valence-corrected chi connectivity index (χ4v) is 5.75. The third-order valence-electron chi connectivity index (χ3n) is 7.65. The topological polar surface area (TPSA) is 64.1 Å². The molecule has 1 saturated carbocycles. The number of piperidine rings is 1. The highest BCUT2D eigenvalue weighted by Crippen LogP contribution is 2.33. The van der Waals surface area contributed by atoms with Gasteiger partial charge in [-0.3, -0.25) is 14.5 Å². The third-order valence-corrected chi connectivity index (χ3v) is 7.65. The number of rotatable bonds is 7. The van der Waals surface area contributed by atoms with Gasteiger partial charge in [0.05, 0.1) is 0 Å². The maximum atomic E-state index is 12.9. The number of amides is 1. The van der Waals surface area contributed by atoms with Crippen molar-refractivity contribution < 1.29 is 14.7 Å². The van der Waals surface area contributed by atoms with Crippen LogP contribution in [0.5, 0.6) is 0 Å². The predicted octanol–water partition coefficient (Wildman–Crippen LogP) is 3.33. The highest BCUT2D eigenvalue weighted by Gasteiger charge is 2.35. The van der Waals surface area contributed by atoms with E-state index >= 15 is 0 Å². The zero-order chi connectivity index (χ0) is 21.6. The molecule has 31 heavy (non-hydrogen) atoms. The lowest BCUT2D eigenvalue weighted by molar-refractivity contribution is -0.141. The van der Waals surface area contributed by atoms with Gasteiger partial charge in [-0.1, -0.05) is 31.0 Å². The minimum atomic E-state index is -0.706. The van der Waals surface area contributed by atoms with E-state index in [2.05, 4.69) is 45.0 Å². The SMILES string of the molecule is O=C(O)C[C@@H]1CCN(C(=O)C2CCCC2)C[C@H]1CCN1CCN(c2ccccc2)CC1. The molecule has 0 unspecified atom stereocenters. The number of carboxylic acid groups (broad SMARTS) is 1. The van der Waals surface area contributed by atoms with Crippen molar-refractivity contribution in [3.63, 3.8) is 0 Å². The van der Waals surface area contributed by atoms with Crippen LogP contribution in [0.4, 0.5) is 5.69 Å². The van der Waals surface area contributed by atoms with Gasteiger partial charge in [-0.15, -0.1) is 0 Å². The van der Waals surface area contributed by atoms with Gasteiger partial charge in [0.25, 0.3) is 0 Å². The first-order valence-corrected chi connectivity index (χ1v) is 12.1. The maximum absolute atomic E-state index is 12.9. The number of carboxylic acids is 1. The molecule has 0 radical (unpaired) electrons. The molecule has 0 aromatic heterocycles. The molecule has 2 atom stereocenters. The number of anilines is 1. The molecule has 1 N–H and O–H groups in total. The fraction of sp³-hybridized carbons (Fsp3) is 0.680. The number of likely N-dealkylation sites (tertiary alicyclic amines) is 1. The molecule has 4 rings (SSSR count). The molecule has 170 valence electrons. The van der Waals surface area contributed by atoms with E-state index in [-0.39, 0.29) is 18.3 Å². The summed E-state index contributed by atoms with van der Waals surface area (Å²) in [6.07, 6.45) is 6.45. The third kappa shape index (κ3) is 5.79. The minimum absolute atomic E-state index is 0.190. The van der Waals surface area contributed by atoms with Crippen molar-refractivity contribution in [1.29, 1.82) is 0 Å². The number of piperazine rings is 1. The van der Waals surface area contributed by atoms with Crippen LogP contribution in [0.3, 0.4) is 0 Å². The Hall–Kier alpha value is -2.08. The van der Waals surface area contributed by atoms with Crippen LogP contribution < -0.4 is 4.90 Å². The van der Waals surface area contributed by atoms with E-state index in [0.717, 1.165) is 71.5 Å². The monoisotopic (exact) mass is 427 g/mol. The molecule has 1 aromatic carbocycles. The zero-order valence-electron chi connectivity index (χ0n) is 18.6. The summed E-state index contributed by atoms with van der Waals surface area (Å²) >= 11 is 0. The van der Waals surface area contributed by atoms with E-state index in [4.69, 9.17) is 0 Å². The Bertz CT molecular complexity index is 727. The lowest BCUT2D eigenvalue weighted by atomic mass is 9.80. The zero-order valence-corrected chi connectivity index (χ0v) is 18.6. The van der Waals surface area contributed by atoms with Crippen LogP contribution in [0.15, 0.2) is 30.3 Å². The number of hydrogen-bond acceptors (Lipinski definition) is 4. The van der Waals surface area contributed by atoms with Crippen molar-refractivity contribution in [2.75, 3.05) is 50.7 Å². The van der Waals surface area contributed by atoms with E-state index in [1.807, 2.05) is 0 Å². The predicted molar refractivity (Wildman–Crippen MR) is 122 cm³/mol. The molecule has 2 aliphatic heterocycles. The highest BCUT2D eigenvalue weighted by atomic mass is 16.4. The first kappa shape index (κ1) is 22.1. The number of hydrogen-bond donors (Lipinski definition) is 1. The van der Waals surface area contributed by atoms with Gasteiger partial charge in [0, 0.05) is 57.3 Å². The summed E-state index contributed by atoms with van der Waals surface area (Å²) in [5.41, 5.74) is 1.29. The van der Waals surface area contributed by atoms with Gasteiger partial charge < -0.3 is 14.9 Å². The van der Waals surface area contributed by atoms with Gasteiger partial charge >= 0.3 is 5.97 Å². The van der Waals surface area contributed by atoms with E-state index < -0.39 is 5.97 Å². The molecule has 1 aliphatic carbocycles. The molecule has 6 nitrogen and oxygen atoms in total. The Morgan fingerprint density at radius 3 is 2.29 bits per heavy atom. The summed E-state index contributed by atoms with van der Waals surface area (Å²) in [6, 6.07) is 10.6. The Labute approximate surface area is 186 Å². The van der Waals surface area contributed by atoms with Gasteiger partial charge in [-0.25, -0.2) is 0 Å². The lowest BCUT2D eigenvalue weighted by Gasteiger charge is -2.41. The number of carbonyl (C=O) groups excluding carboxylic acids is 1. The standard InChI is InChI=1S/C25H37N3O3/c29-24(30)18-21-11-13-28(25(31)20-6-4-5-7-20)19-22(21)10-12-26-14-16-27(17-15-26)23-8-2-1-3-9-23/h1-3,8-9,20-22H,4-7,10-19H2,(H,29,30)/t21-,22+/m0/s1. The molecule has 0 bridgehead atoms. The summed E-state index contributed by atoms with van der Waals surface area (Å²) in [4.78, 5) is 31.4. The largest absolute Gasteiger partial charge is 0.481 e. The summed E-state index contributed by atoms with van der Waals surface area (Å²) < 4.78 is 0. The fourth-order valence-electron chi connectivity index (χ4n) is 5.75. The van der Waals surface area contributed by atoms with Crippen molar-refractivity contribution in [1.82, 2.24) is 9.80 Å². The van der Waals surface area contributed by atoms with Crippen molar-refractivity contribution >= 4 is 17.6 Å². The summed E-state index contributed by atoms with van der Waals surface area (Å²) in [7, 11) is 0. The average molecular weight is 428 g/mol. The van der Waals surface area contributed by atoms with Crippen LogP contribution >= 0.6 is 0 Å². The first-order valence-electron chi connectivity index (χ1n) is 12.1. The van der Waals surface area contributed by atoms with Crippen molar-refractivity contribution in [3.05, 3.63) is 30.3 Å². The van der Waals surface area contributed by atoms with Crippen LogP contribution in [-0.2, 0) is 9.59 Å². The molecule has 3 aliphatic rings. The van der Waals surface area contributed by atoms with Crippen LogP contribution in [0.2, 0.25) is 0 Å². The Morgan fingerprint density at radius 1 is 0.903 bits per heavy atom. The van der Waals surface area contributed by atoms with Gasteiger partial charge in [-0.05, 0) is 56.2 Å². The molecular weight excluding hydrogens is 390 g/mol. The normalized spacial score (nSPS) is 25.7. The lowest BCUT2D eigenvalue weighted by Crippen LogP contribution is -2.49. The smallest absolute Gasteiger partial charge is 0.303 e. The van der Waals surface area contributed by atoms with E-state index in [9.17, 15) is 14.7 Å². The van der Waals surface area contributed by atoms with Crippen molar-refractivity contribution in [2.45, 2.75) is 44.9 Å². The number of benzene rings is 1. The Balaban J connectivity index is 1.29. The Morgan fingerprint density at radius 2 is 1.61 bits per heavy atom. The van der Waals surface area contributed by atoms with Crippen LogP contribution in [0, 0.1) is 17.8 Å². The first-order chi connectivity index (χ1) is 15.1. The second-order valence-electron chi connectivity index (χ2n) is 9.63. The molecule has 1 amide bonds. The van der Waals surface area contributed by atoms with E-state index in [0.29, 0.717) is 11.8 Å². The number of carbonyl (C=O) groups is 2. The van der Waals surface area contributed by atoms with Crippen LogP contribution in [0.1, 0.15) is 44.9 Å². The molecular formula is C25H37N3O3. The average Bonchev–Trinajstić information content (AvgIpc) is 3.33. The van der Waals surface area contributed by atoms with Crippen LogP contribution in [-0.4, -0.2) is 72.6 Å². The number of aliphatic carboxylic acids is 1. The maximum Gasteiger partial charge on any atom is 0.303 e. The molecule has 2 heterocycles. The van der Waals surface area contributed by atoms with Crippen LogP contribution in [0.25, 0.3) is 0 Å².